The zero-order valence-corrected chi connectivity index (χ0v) is 6.52. The van der Waals surface area contributed by atoms with Crippen molar-refractivity contribution in [2.45, 2.75) is 27.2 Å². The highest BCUT2D eigenvalue weighted by Crippen LogP contribution is 2.12. The van der Waals surface area contributed by atoms with Crippen molar-refractivity contribution in [2.24, 2.45) is 5.92 Å². The average Bonchev–Trinajstić information content (AvgIpc) is 1.90. The Hall–Kier alpha value is -0.300. The number of aliphatic hydroxyl groups is 1. The van der Waals surface area contributed by atoms with Gasteiger partial charge in [-0.1, -0.05) is 19.9 Å². The summed E-state index contributed by atoms with van der Waals surface area (Å²) in [7, 11) is 0. The third-order valence-corrected chi connectivity index (χ3v) is 1.80. The lowest BCUT2D eigenvalue weighted by Gasteiger charge is -2.09. The van der Waals surface area contributed by atoms with Gasteiger partial charge in [0.1, 0.15) is 0 Å². The van der Waals surface area contributed by atoms with Crippen molar-refractivity contribution in [3.05, 3.63) is 11.6 Å². The highest BCUT2D eigenvalue weighted by atomic mass is 16.3. The Morgan fingerprint density at radius 3 is 2.33 bits per heavy atom. The molecule has 0 saturated carbocycles. The first-order valence-corrected chi connectivity index (χ1v) is 3.52. The van der Waals surface area contributed by atoms with Gasteiger partial charge in [-0.2, -0.15) is 0 Å². The van der Waals surface area contributed by atoms with Crippen LogP contribution < -0.4 is 0 Å². The van der Waals surface area contributed by atoms with Gasteiger partial charge in [-0.15, -0.1) is 0 Å². The molecule has 0 aliphatic rings. The van der Waals surface area contributed by atoms with Crippen LogP contribution in [0.2, 0.25) is 0 Å². The van der Waals surface area contributed by atoms with Crippen molar-refractivity contribution >= 4 is 0 Å². The molecule has 0 fully saturated rings. The maximum absolute atomic E-state index is 8.76. The van der Waals surface area contributed by atoms with Crippen molar-refractivity contribution in [1.82, 2.24) is 0 Å². The van der Waals surface area contributed by atoms with Crippen LogP contribution in [0.4, 0.5) is 0 Å². The van der Waals surface area contributed by atoms with E-state index in [9.17, 15) is 0 Å². The van der Waals surface area contributed by atoms with Gasteiger partial charge >= 0.3 is 0 Å². The summed E-state index contributed by atoms with van der Waals surface area (Å²) in [4.78, 5) is 0. The molecule has 0 spiro atoms. The summed E-state index contributed by atoms with van der Waals surface area (Å²) < 4.78 is 0. The van der Waals surface area contributed by atoms with Crippen LogP contribution in [-0.4, -0.2) is 11.7 Å². The van der Waals surface area contributed by atoms with Gasteiger partial charge in [0.05, 0.1) is 6.61 Å². The summed E-state index contributed by atoms with van der Waals surface area (Å²) >= 11 is 0. The minimum atomic E-state index is 0.214. The van der Waals surface area contributed by atoms with Gasteiger partial charge in [0, 0.05) is 0 Å². The van der Waals surface area contributed by atoms with Crippen molar-refractivity contribution < 1.29 is 5.11 Å². The van der Waals surface area contributed by atoms with Crippen molar-refractivity contribution in [3.63, 3.8) is 0 Å². The molecular formula is C8H16O. The van der Waals surface area contributed by atoms with Gasteiger partial charge in [-0.3, -0.25) is 0 Å². The van der Waals surface area contributed by atoms with Crippen molar-refractivity contribution in [1.29, 1.82) is 0 Å². The number of hydrogen-bond donors (Lipinski definition) is 1. The van der Waals surface area contributed by atoms with E-state index in [0.29, 0.717) is 5.92 Å². The SMILES string of the molecule is C/C=C(/CO)C(C)CC. The molecular weight excluding hydrogens is 112 g/mol. The highest BCUT2D eigenvalue weighted by molar-refractivity contribution is 5.03. The zero-order valence-electron chi connectivity index (χ0n) is 6.52. The minimum Gasteiger partial charge on any atom is -0.392 e. The first-order chi connectivity index (χ1) is 4.26. The molecule has 0 aliphatic heterocycles. The topological polar surface area (TPSA) is 20.2 Å². The normalized spacial score (nSPS) is 15.8. The largest absolute Gasteiger partial charge is 0.392 e. The molecule has 0 aromatic carbocycles. The molecule has 0 amide bonds. The summed E-state index contributed by atoms with van der Waals surface area (Å²) in [5.74, 6) is 0.542. The lowest BCUT2D eigenvalue weighted by Crippen LogP contribution is -2.01. The smallest absolute Gasteiger partial charge is 0.0644 e. The summed E-state index contributed by atoms with van der Waals surface area (Å²) in [6.07, 6.45) is 3.11. The van der Waals surface area contributed by atoms with E-state index in [2.05, 4.69) is 13.8 Å². The molecule has 1 N–H and O–H groups in total. The van der Waals surface area contributed by atoms with Crippen molar-refractivity contribution in [3.8, 4) is 0 Å². The van der Waals surface area contributed by atoms with Crippen LogP contribution in [0.25, 0.3) is 0 Å². The number of rotatable bonds is 3. The fraction of sp³-hybridized carbons (Fsp3) is 0.750. The molecule has 1 heteroatoms. The van der Waals surface area contributed by atoms with Crippen LogP contribution >= 0.6 is 0 Å². The zero-order chi connectivity index (χ0) is 7.28. The maximum atomic E-state index is 8.76. The second-order valence-electron chi connectivity index (χ2n) is 2.33. The van der Waals surface area contributed by atoms with Gasteiger partial charge in [-0.25, -0.2) is 0 Å². The van der Waals surface area contributed by atoms with Crippen LogP contribution in [0.3, 0.4) is 0 Å². The van der Waals surface area contributed by atoms with E-state index in [1.54, 1.807) is 0 Å². The Balaban J connectivity index is 3.80. The fourth-order valence-electron chi connectivity index (χ4n) is 0.794. The van der Waals surface area contributed by atoms with Gasteiger partial charge < -0.3 is 5.11 Å². The number of allylic oxidation sites excluding steroid dienone is 1. The monoisotopic (exact) mass is 128 g/mol. The first kappa shape index (κ1) is 8.70. The Morgan fingerprint density at radius 2 is 2.22 bits per heavy atom. The van der Waals surface area contributed by atoms with E-state index < -0.39 is 0 Å². The number of aliphatic hydroxyl groups excluding tert-OH is 1. The van der Waals surface area contributed by atoms with Crippen LogP contribution in [0, 0.1) is 5.92 Å². The van der Waals surface area contributed by atoms with Crippen molar-refractivity contribution in [2.75, 3.05) is 6.61 Å². The van der Waals surface area contributed by atoms with Gasteiger partial charge in [-0.05, 0) is 24.8 Å². The van der Waals surface area contributed by atoms with Gasteiger partial charge in [0.25, 0.3) is 0 Å². The van der Waals surface area contributed by atoms with E-state index in [-0.39, 0.29) is 6.61 Å². The highest BCUT2D eigenvalue weighted by Gasteiger charge is 2.01. The minimum absolute atomic E-state index is 0.214. The maximum Gasteiger partial charge on any atom is 0.0644 e. The van der Waals surface area contributed by atoms with Gasteiger partial charge in [0.15, 0.2) is 0 Å². The van der Waals surface area contributed by atoms with E-state index >= 15 is 0 Å². The number of hydrogen-bond acceptors (Lipinski definition) is 1. The molecule has 0 aromatic heterocycles. The van der Waals surface area contributed by atoms with E-state index in [4.69, 9.17) is 5.11 Å². The molecule has 1 atom stereocenters. The Morgan fingerprint density at radius 1 is 1.67 bits per heavy atom. The van der Waals surface area contributed by atoms with Gasteiger partial charge in [0.2, 0.25) is 0 Å². The quantitative estimate of drug-likeness (QED) is 0.576. The molecule has 0 bridgehead atoms. The molecule has 0 heterocycles. The predicted octanol–water partition coefficient (Wildman–Crippen LogP) is 1.97. The molecule has 1 unspecified atom stereocenters. The lowest BCUT2D eigenvalue weighted by atomic mass is 9.99. The first-order valence-electron chi connectivity index (χ1n) is 3.52. The standard InChI is InChI=1S/C8H16O/c1-4-7(3)8(5-2)6-9/h5,7,9H,4,6H2,1-3H3/b8-5-. The second kappa shape index (κ2) is 4.57. The summed E-state index contributed by atoms with van der Waals surface area (Å²) in [5.41, 5.74) is 1.15. The summed E-state index contributed by atoms with van der Waals surface area (Å²) in [5, 5.41) is 8.76. The third-order valence-electron chi connectivity index (χ3n) is 1.80. The summed E-state index contributed by atoms with van der Waals surface area (Å²) in [6, 6.07) is 0. The van der Waals surface area contributed by atoms with Crippen LogP contribution in [-0.2, 0) is 0 Å². The summed E-state index contributed by atoms with van der Waals surface area (Å²) in [6.45, 7) is 6.44. The van der Waals surface area contributed by atoms with Crippen LogP contribution in [0.1, 0.15) is 27.2 Å². The van der Waals surface area contributed by atoms with Crippen LogP contribution in [0.5, 0.6) is 0 Å². The lowest BCUT2D eigenvalue weighted by molar-refractivity contribution is 0.314. The van der Waals surface area contributed by atoms with E-state index in [1.165, 1.54) is 0 Å². The molecule has 0 saturated heterocycles. The fourth-order valence-corrected chi connectivity index (χ4v) is 0.794. The second-order valence-corrected chi connectivity index (χ2v) is 2.33. The molecule has 0 aromatic rings. The molecule has 9 heavy (non-hydrogen) atoms. The molecule has 0 aliphatic carbocycles. The van der Waals surface area contributed by atoms with E-state index in [1.807, 2.05) is 13.0 Å². The molecule has 54 valence electrons. The Bertz CT molecular complexity index is 94.7. The average molecular weight is 128 g/mol. The molecule has 0 radical (unpaired) electrons. The molecule has 1 nitrogen and oxygen atoms in total. The van der Waals surface area contributed by atoms with Crippen LogP contribution in [0.15, 0.2) is 11.6 Å². The Labute approximate surface area is 57.4 Å². The molecule has 0 rings (SSSR count). The predicted molar refractivity (Wildman–Crippen MR) is 40.3 cm³/mol. The Kier molecular flexibility index (Phi) is 4.41. The third kappa shape index (κ3) is 2.66. The van der Waals surface area contributed by atoms with E-state index in [0.717, 1.165) is 12.0 Å².